The number of nitrogens with one attached hydrogen (secondary N) is 1. The molecule has 1 aliphatic rings. The lowest BCUT2D eigenvalue weighted by Crippen LogP contribution is -2.42. The molecule has 1 aliphatic carbocycles. The van der Waals surface area contributed by atoms with Gasteiger partial charge in [0.25, 0.3) is 0 Å². The Labute approximate surface area is 115 Å². The van der Waals surface area contributed by atoms with E-state index in [1.54, 1.807) is 12.3 Å². The molecule has 1 aromatic rings. The summed E-state index contributed by atoms with van der Waals surface area (Å²) in [6.45, 7) is 0. The van der Waals surface area contributed by atoms with Gasteiger partial charge >= 0.3 is 5.97 Å². The minimum absolute atomic E-state index is 0.0297. The van der Waals surface area contributed by atoms with E-state index >= 15 is 0 Å². The van der Waals surface area contributed by atoms with Crippen molar-refractivity contribution in [1.82, 2.24) is 9.69 Å². The van der Waals surface area contributed by atoms with Crippen molar-refractivity contribution in [3.63, 3.8) is 0 Å². The van der Waals surface area contributed by atoms with Crippen LogP contribution >= 0.6 is 11.5 Å². The summed E-state index contributed by atoms with van der Waals surface area (Å²) in [7, 11) is 0. The highest BCUT2D eigenvalue weighted by atomic mass is 32.1. The molecule has 4 N–H and O–H groups in total. The van der Waals surface area contributed by atoms with Crippen molar-refractivity contribution < 1.29 is 14.7 Å². The van der Waals surface area contributed by atoms with Crippen LogP contribution in [-0.2, 0) is 9.59 Å². The Bertz CT molecular complexity index is 441. The van der Waals surface area contributed by atoms with Crippen LogP contribution in [0.5, 0.6) is 0 Å². The first-order valence-electron chi connectivity index (χ1n) is 6.27. The van der Waals surface area contributed by atoms with Crippen molar-refractivity contribution >= 4 is 23.4 Å². The van der Waals surface area contributed by atoms with E-state index in [0.717, 1.165) is 4.88 Å². The first-order chi connectivity index (χ1) is 9.08. The van der Waals surface area contributed by atoms with E-state index in [0.29, 0.717) is 25.7 Å². The fourth-order valence-electron chi connectivity index (χ4n) is 2.29. The van der Waals surface area contributed by atoms with Gasteiger partial charge in [-0.1, -0.05) is 0 Å². The molecule has 0 aromatic carbocycles. The van der Waals surface area contributed by atoms with Crippen LogP contribution in [0.2, 0.25) is 0 Å². The van der Waals surface area contributed by atoms with E-state index in [2.05, 4.69) is 9.69 Å². The van der Waals surface area contributed by atoms with Crippen LogP contribution < -0.4 is 11.1 Å². The number of aliphatic carboxylic acids is 1. The van der Waals surface area contributed by atoms with Crippen LogP contribution in [0.25, 0.3) is 0 Å². The molecule has 19 heavy (non-hydrogen) atoms. The molecule has 2 rings (SSSR count). The van der Waals surface area contributed by atoms with Crippen molar-refractivity contribution in [1.29, 1.82) is 0 Å². The number of carbonyl (C=O) groups excluding carboxylic acids is 1. The summed E-state index contributed by atoms with van der Waals surface area (Å²) < 4.78 is 3.92. The summed E-state index contributed by atoms with van der Waals surface area (Å²) >= 11 is 1.21. The number of nitrogens with zero attached hydrogens (tertiary/aromatic N) is 1. The monoisotopic (exact) mass is 283 g/mol. The van der Waals surface area contributed by atoms with Crippen LogP contribution in [0, 0.1) is 5.92 Å². The fraction of sp³-hybridized carbons (Fsp3) is 0.583. The summed E-state index contributed by atoms with van der Waals surface area (Å²) in [5, 5.41) is 11.8. The second-order valence-corrected chi connectivity index (χ2v) is 5.65. The molecule has 1 fully saturated rings. The molecule has 0 aliphatic heterocycles. The zero-order valence-electron chi connectivity index (χ0n) is 10.4. The predicted octanol–water partition coefficient (Wildman–Crippen LogP) is 0.902. The predicted molar refractivity (Wildman–Crippen MR) is 70.6 cm³/mol. The molecule has 1 saturated carbocycles. The number of hydrogen-bond donors (Lipinski definition) is 3. The van der Waals surface area contributed by atoms with Crippen molar-refractivity contribution in [2.75, 3.05) is 0 Å². The van der Waals surface area contributed by atoms with Gasteiger partial charge in [0, 0.05) is 12.2 Å². The minimum atomic E-state index is -0.744. The van der Waals surface area contributed by atoms with Crippen molar-refractivity contribution in [2.24, 2.45) is 11.7 Å². The van der Waals surface area contributed by atoms with Crippen LogP contribution in [0.3, 0.4) is 0 Å². The smallest absolute Gasteiger partial charge is 0.306 e. The van der Waals surface area contributed by atoms with E-state index in [9.17, 15) is 9.59 Å². The Balaban J connectivity index is 1.82. The summed E-state index contributed by atoms with van der Waals surface area (Å²) in [6.07, 6.45) is 4.22. The Morgan fingerprint density at radius 2 is 2.11 bits per heavy atom. The highest BCUT2D eigenvalue weighted by Crippen LogP contribution is 2.25. The molecule has 1 atom stereocenters. The standard InChI is InChI=1S/C12H17N3O3S/c13-10(9-5-6-14-19-9)11(16)15-8-3-1-7(2-4-8)12(17)18/h5-8,10H,1-4,13H2,(H,15,16)(H,17,18). The normalized spacial score (nSPS) is 24.7. The van der Waals surface area contributed by atoms with Crippen LogP contribution in [0.1, 0.15) is 36.6 Å². The van der Waals surface area contributed by atoms with Gasteiger partial charge in [-0.3, -0.25) is 9.59 Å². The lowest BCUT2D eigenvalue weighted by Gasteiger charge is -2.27. The quantitative estimate of drug-likeness (QED) is 0.761. The molecule has 1 amide bonds. The second kappa shape index (κ2) is 6.12. The van der Waals surface area contributed by atoms with Gasteiger partial charge < -0.3 is 16.2 Å². The first-order valence-corrected chi connectivity index (χ1v) is 7.04. The van der Waals surface area contributed by atoms with Crippen molar-refractivity contribution in [3.8, 4) is 0 Å². The maximum absolute atomic E-state index is 12.0. The molecule has 1 unspecified atom stereocenters. The second-order valence-electron chi connectivity index (χ2n) is 4.79. The molecule has 1 heterocycles. The lowest BCUT2D eigenvalue weighted by molar-refractivity contribution is -0.142. The average molecular weight is 283 g/mol. The number of carboxylic acid groups (broad SMARTS) is 1. The third-order valence-corrected chi connectivity index (χ3v) is 4.30. The van der Waals surface area contributed by atoms with E-state index in [1.807, 2.05) is 0 Å². The van der Waals surface area contributed by atoms with Gasteiger partial charge in [-0.25, -0.2) is 4.37 Å². The van der Waals surface area contributed by atoms with E-state index in [-0.39, 0.29) is 17.9 Å². The van der Waals surface area contributed by atoms with Crippen molar-refractivity contribution in [3.05, 3.63) is 17.1 Å². The molecular weight excluding hydrogens is 266 g/mol. The fourth-order valence-corrected chi connectivity index (χ4v) is 2.88. The molecule has 0 saturated heterocycles. The number of aromatic nitrogens is 1. The van der Waals surface area contributed by atoms with E-state index < -0.39 is 12.0 Å². The van der Waals surface area contributed by atoms with E-state index in [1.165, 1.54) is 11.5 Å². The molecule has 104 valence electrons. The molecule has 0 spiro atoms. The third-order valence-electron chi connectivity index (χ3n) is 3.47. The van der Waals surface area contributed by atoms with Crippen LogP contribution in [-0.4, -0.2) is 27.4 Å². The number of hydrogen-bond acceptors (Lipinski definition) is 5. The number of nitrogens with two attached hydrogens (primary N) is 1. The zero-order valence-corrected chi connectivity index (χ0v) is 11.2. The molecular formula is C12H17N3O3S. The summed E-state index contributed by atoms with van der Waals surface area (Å²) in [5.41, 5.74) is 5.84. The molecule has 0 radical (unpaired) electrons. The average Bonchev–Trinajstić information content (AvgIpc) is 2.92. The molecule has 6 nitrogen and oxygen atoms in total. The SMILES string of the molecule is NC(C(=O)NC1CCC(C(=O)O)CC1)c1ccns1. The Morgan fingerprint density at radius 3 is 2.63 bits per heavy atom. The number of carbonyl (C=O) groups is 2. The number of amides is 1. The lowest BCUT2D eigenvalue weighted by atomic mass is 9.86. The van der Waals surface area contributed by atoms with Crippen LogP contribution in [0.15, 0.2) is 12.3 Å². The van der Waals surface area contributed by atoms with Gasteiger partial charge in [-0.15, -0.1) is 0 Å². The molecule has 0 bridgehead atoms. The number of rotatable bonds is 4. The summed E-state index contributed by atoms with van der Waals surface area (Å²) in [4.78, 5) is 23.5. The zero-order chi connectivity index (χ0) is 13.8. The third kappa shape index (κ3) is 3.51. The van der Waals surface area contributed by atoms with Gasteiger partial charge in [0.2, 0.25) is 5.91 Å². The van der Waals surface area contributed by atoms with Gasteiger partial charge in [0.1, 0.15) is 6.04 Å². The van der Waals surface area contributed by atoms with Crippen LogP contribution in [0.4, 0.5) is 0 Å². The topological polar surface area (TPSA) is 105 Å². The number of carboxylic acids is 1. The van der Waals surface area contributed by atoms with E-state index in [4.69, 9.17) is 10.8 Å². The first kappa shape index (κ1) is 14.0. The highest BCUT2D eigenvalue weighted by Gasteiger charge is 2.28. The Hall–Kier alpha value is -1.47. The Morgan fingerprint density at radius 1 is 1.42 bits per heavy atom. The van der Waals surface area contributed by atoms with Gasteiger partial charge in [0.15, 0.2) is 0 Å². The molecule has 7 heteroatoms. The maximum atomic E-state index is 12.0. The minimum Gasteiger partial charge on any atom is -0.481 e. The Kier molecular flexibility index (Phi) is 4.49. The summed E-state index contributed by atoms with van der Waals surface area (Å²) in [5.74, 6) is -1.24. The maximum Gasteiger partial charge on any atom is 0.306 e. The summed E-state index contributed by atoms with van der Waals surface area (Å²) in [6, 6.07) is 1.07. The van der Waals surface area contributed by atoms with Gasteiger partial charge in [-0.05, 0) is 43.3 Å². The largest absolute Gasteiger partial charge is 0.481 e. The van der Waals surface area contributed by atoms with Gasteiger partial charge in [0.05, 0.1) is 10.8 Å². The molecule has 1 aromatic heterocycles. The highest BCUT2D eigenvalue weighted by molar-refractivity contribution is 7.05. The van der Waals surface area contributed by atoms with Crippen molar-refractivity contribution in [2.45, 2.75) is 37.8 Å². The van der Waals surface area contributed by atoms with Gasteiger partial charge in [-0.2, -0.15) is 0 Å².